The Balaban J connectivity index is 1.74. The summed E-state index contributed by atoms with van der Waals surface area (Å²) in [4.78, 5) is 12.6. The molecule has 7 heteroatoms. The fourth-order valence-corrected chi connectivity index (χ4v) is 5.17. The van der Waals surface area contributed by atoms with Gasteiger partial charge in [0, 0.05) is 30.8 Å². The van der Waals surface area contributed by atoms with Gasteiger partial charge in [-0.05, 0) is 54.9 Å². The standard InChI is InChI=1S/C19H27N3O3S/c1-18(2)14-10-11-19(18,3)16(12-14)20-21-17(23)13-6-8-15(9-7-13)26(24,25)22(4)5/h6-9,14H,10-12H2,1-5H3,(H,21,23)/b20-16-/t14-,19+/m0/s1. The molecule has 2 saturated carbocycles. The van der Waals surface area contributed by atoms with E-state index in [9.17, 15) is 13.2 Å². The molecule has 2 aliphatic rings. The summed E-state index contributed by atoms with van der Waals surface area (Å²) in [6, 6.07) is 5.91. The largest absolute Gasteiger partial charge is 0.271 e. The molecule has 1 aromatic rings. The van der Waals surface area contributed by atoms with Crippen LogP contribution >= 0.6 is 0 Å². The molecule has 1 aromatic carbocycles. The predicted molar refractivity (Wildman–Crippen MR) is 101 cm³/mol. The Morgan fingerprint density at radius 2 is 1.81 bits per heavy atom. The first-order valence-corrected chi connectivity index (χ1v) is 10.3. The van der Waals surface area contributed by atoms with E-state index in [0.717, 1.165) is 22.9 Å². The van der Waals surface area contributed by atoms with Gasteiger partial charge in [0.2, 0.25) is 10.0 Å². The van der Waals surface area contributed by atoms with Crippen molar-refractivity contribution in [2.75, 3.05) is 14.1 Å². The molecule has 3 rings (SSSR count). The Labute approximate surface area is 155 Å². The van der Waals surface area contributed by atoms with E-state index in [4.69, 9.17) is 0 Å². The highest BCUT2D eigenvalue weighted by molar-refractivity contribution is 7.89. The molecule has 1 N–H and O–H groups in total. The van der Waals surface area contributed by atoms with Crippen LogP contribution in [0, 0.1) is 16.7 Å². The van der Waals surface area contributed by atoms with Crippen LogP contribution in [-0.4, -0.2) is 38.4 Å². The van der Waals surface area contributed by atoms with Crippen molar-refractivity contribution in [2.24, 2.45) is 21.8 Å². The van der Waals surface area contributed by atoms with Gasteiger partial charge in [0.1, 0.15) is 0 Å². The summed E-state index contributed by atoms with van der Waals surface area (Å²) in [6.07, 6.45) is 3.26. The van der Waals surface area contributed by atoms with Crippen LogP contribution in [-0.2, 0) is 10.0 Å². The van der Waals surface area contributed by atoms with Crippen molar-refractivity contribution >= 4 is 21.6 Å². The summed E-state index contributed by atoms with van der Waals surface area (Å²) in [7, 11) is -0.546. The van der Waals surface area contributed by atoms with Crippen LogP contribution in [0.3, 0.4) is 0 Å². The second-order valence-electron chi connectivity index (χ2n) is 8.30. The van der Waals surface area contributed by atoms with Crippen LogP contribution in [0.5, 0.6) is 0 Å². The van der Waals surface area contributed by atoms with Crippen LogP contribution in [0.4, 0.5) is 0 Å². The fourth-order valence-electron chi connectivity index (χ4n) is 4.27. The van der Waals surface area contributed by atoms with Crippen molar-refractivity contribution < 1.29 is 13.2 Å². The quantitative estimate of drug-likeness (QED) is 0.820. The molecule has 0 unspecified atom stereocenters. The Morgan fingerprint density at radius 1 is 1.19 bits per heavy atom. The lowest BCUT2D eigenvalue weighted by molar-refractivity contribution is 0.0953. The first kappa shape index (κ1) is 19.0. The van der Waals surface area contributed by atoms with Gasteiger partial charge < -0.3 is 0 Å². The van der Waals surface area contributed by atoms with E-state index in [1.165, 1.54) is 44.8 Å². The predicted octanol–water partition coefficient (Wildman–Crippen LogP) is 2.87. The molecular formula is C19H27N3O3S. The van der Waals surface area contributed by atoms with Crippen LogP contribution in [0.25, 0.3) is 0 Å². The van der Waals surface area contributed by atoms with E-state index in [1.54, 1.807) is 0 Å². The van der Waals surface area contributed by atoms with Crippen molar-refractivity contribution in [3.8, 4) is 0 Å². The molecule has 0 spiro atoms. The zero-order chi connectivity index (χ0) is 19.3. The lowest BCUT2D eigenvalue weighted by atomic mass is 9.70. The molecule has 0 aromatic heterocycles. The van der Waals surface area contributed by atoms with Crippen molar-refractivity contribution in [3.63, 3.8) is 0 Å². The van der Waals surface area contributed by atoms with Crippen LogP contribution in [0.15, 0.2) is 34.3 Å². The molecule has 2 aliphatic carbocycles. The molecule has 0 aliphatic heterocycles. The van der Waals surface area contributed by atoms with Crippen molar-refractivity contribution in [2.45, 2.75) is 44.9 Å². The summed E-state index contributed by atoms with van der Waals surface area (Å²) in [5, 5.41) is 4.44. The van der Waals surface area contributed by atoms with Crippen LogP contribution in [0.2, 0.25) is 0 Å². The average molecular weight is 378 g/mol. The highest BCUT2D eigenvalue weighted by Gasteiger charge is 2.60. The average Bonchev–Trinajstić information content (AvgIpc) is 2.92. The van der Waals surface area contributed by atoms with Crippen molar-refractivity contribution in [1.29, 1.82) is 0 Å². The molecule has 0 radical (unpaired) electrons. The third-order valence-corrected chi connectivity index (χ3v) is 8.53. The van der Waals surface area contributed by atoms with Crippen LogP contribution < -0.4 is 5.43 Å². The molecule has 2 atom stereocenters. The minimum Gasteiger partial charge on any atom is -0.267 e. The minimum absolute atomic E-state index is 0.0363. The van der Waals surface area contributed by atoms with Gasteiger partial charge in [-0.3, -0.25) is 4.79 Å². The molecule has 1 amide bonds. The third kappa shape index (κ3) is 2.77. The molecule has 2 bridgehead atoms. The second kappa shape index (κ2) is 6.16. The van der Waals surface area contributed by atoms with Crippen molar-refractivity contribution in [1.82, 2.24) is 9.73 Å². The monoisotopic (exact) mass is 377 g/mol. The first-order chi connectivity index (χ1) is 12.0. The van der Waals surface area contributed by atoms with Crippen LogP contribution in [0.1, 0.15) is 50.4 Å². The highest BCUT2D eigenvalue weighted by atomic mass is 32.2. The summed E-state index contributed by atoms with van der Waals surface area (Å²) in [6.45, 7) is 6.82. The zero-order valence-corrected chi connectivity index (χ0v) is 16.9. The Morgan fingerprint density at radius 3 is 2.27 bits per heavy atom. The van der Waals surface area contributed by atoms with Crippen molar-refractivity contribution in [3.05, 3.63) is 29.8 Å². The maximum atomic E-state index is 12.4. The number of fused-ring (bicyclic) bond motifs is 2. The van der Waals surface area contributed by atoms with E-state index in [2.05, 4.69) is 31.3 Å². The minimum atomic E-state index is -3.50. The number of hydrogen-bond acceptors (Lipinski definition) is 4. The first-order valence-electron chi connectivity index (χ1n) is 8.90. The molecule has 2 fully saturated rings. The number of hydrazone groups is 1. The number of nitrogens with zero attached hydrogens (tertiary/aromatic N) is 2. The van der Waals surface area contributed by atoms with Gasteiger partial charge in [0.25, 0.3) is 5.91 Å². The van der Waals surface area contributed by atoms with Gasteiger partial charge >= 0.3 is 0 Å². The molecule has 0 heterocycles. The van der Waals surface area contributed by atoms with E-state index in [1.807, 2.05) is 0 Å². The molecule has 26 heavy (non-hydrogen) atoms. The highest BCUT2D eigenvalue weighted by Crippen LogP contribution is 2.63. The second-order valence-corrected chi connectivity index (χ2v) is 10.5. The van der Waals surface area contributed by atoms with Gasteiger partial charge in [0.05, 0.1) is 4.90 Å². The zero-order valence-electron chi connectivity index (χ0n) is 16.0. The third-order valence-electron chi connectivity index (χ3n) is 6.70. The number of nitrogens with one attached hydrogen (secondary N) is 1. The maximum Gasteiger partial charge on any atom is 0.271 e. The lowest BCUT2D eigenvalue weighted by Gasteiger charge is -2.34. The summed E-state index contributed by atoms with van der Waals surface area (Å²) >= 11 is 0. The Hall–Kier alpha value is -1.73. The molecular weight excluding hydrogens is 350 g/mol. The molecule has 6 nitrogen and oxygen atoms in total. The number of carbonyl (C=O) groups is 1. The molecule has 0 saturated heterocycles. The Bertz CT molecular complexity index is 857. The number of sulfonamides is 1. The lowest BCUT2D eigenvalue weighted by Crippen LogP contribution is -2.34. The number of rotatable bonds is 4. The molecule has 142 valence electrons. The SMILES string of the molecule is CN(C)S(=O)(=O)c1ccc(C(=O)N/N=C2/C[C@@H]3CC[C@@]2(C)C3(C)C)cc1. The smallest absolute Gasteiger partial charge is 0.267 e. The van der Waals surface area contributed by atoms with E-state index < -0.39 is 10.0 Å². The number of hydrogen-bond donors (Lipinski definition) is 1. The van der Waals surface area contributed by atoms with Gasteiger partial charge in [-0.25, -0.2) is 18.1 Å². The van der Waals surface area contributed by atoms with E-state index in [-0.39, 0.29) is 21.6 Å². The number of benzene rings is 1. The fraction of sp³-hybridized carbons (Fsp3) is 0.579. The topological polar surface area (TPSA) is 78.8 Å². The van der Waals surface area contributed by atoms with Gasteiger partial charge in [-0.15, -0.1) is 0 Å². The number of carbonyl (C=O) groups excluding carboxylic acids is 1. The van der Waals surface area contributed by atoms with Gasteiger partial charge in [0.15, 0.2) is 0 Å². The van der Waals surface area contributed by atoms with Gasteiger partial charge in [-0.1, -0.05) is 20.8 Å². The maximum absolute atomic E-state index is 12.4. The van der Waals surface area contributed by atoms with E-state index in [0.29, 0.717) is 11.5 Å². The normalized spacial score (nSPS) is 28.7. The summed E-state index contributed by atoms with van der Waals surface area (Å²) in [5.41, 5.74) is 4.36. The summed E-state index contributed by atoms with van der Waals surface area (Å²) < 4.78 is 25.3. The number of amides is 1. The Kier molecular flexibility index (Phi) is 4.51. The van der Waals surface area contributed by atoms with Gasteiger partial charge in [-0.2, -0.15) is 5.10 Å². The summed E-state index contributed by atoms with van der Waals surface area (Å²) in [5.74, 6) is 0.300. The van der Waals surface area contributed by atoms with E-state index >= 15 is 0 Å².